The number of cyclic esters (lactones) is 1. The lowest BCUT2D eigenvalue weighted by atomic mass is 10.1. The van der Waals surface area contributed by atoms with Crippen LogP contribution in [0.15, 0.2) is 29.8 Å². The summed E-state index contributed by atoms with van der Waals surface area (Å²) in [5.74, 6) is -1.32. The summed E-state index contributed by atoms with van der Waals surface area (Å²) in [5.41, 5.74) is 0.424. The first-order chi connectivity index (χ1) is 8.13. The lowest BCUT2D eigenvalue weighted by molar-refractivity contribution is -0.146. The van der Waals surface area contributed by atoms with Gasteiger partial charge in [0.25, 0.3) is 5.78 Å². The molecule has 1 aromatic rings. The van der Waals surface area contributed by atoms with E-state index in [0.29, 0.717) is 11.3 Å². The maximum Gasteiger partial charge on any atom is 0.379 e. The van der Waals surface area contributed by atoms with Crippen molar-refractivity contribution in [2.75, 3.05) is 13.7 Å². The third kappa shape index (κ3) is 1.99. The van der Waals surface area contributed by atoms with Crippen LogP contribution in [0.5, 0.6) is 5.75 Å². The fourth-order valence-electron chi connectivity index (χ4n) is 1.49. The van der Waals surface area contributed by atoms with Gasteiger partial charge in [0.2, 0.25) is 0 Å². The number of hydrogen-bond donors (Lipinski definition) is 1. The number of rotatable bonds is 2. The Morgan fingerprint density at radius 3 is 2.41 bits per heavy atom. The van der Waals surface area contributed by atoms with E-state index in [4.69, 9.17) is 4.74 Å². The monoisotopic (exact) mass is 234 g/mol. The van der Waals surface area contributed by atoms with Crippen molar-refractivity contribution in [3.05, 3.63) is 35.4 Å². The first-order valence-corrected chi connectivity index (χ1v) is 4.91. The zero-order valence-corrected chi connectivity index (χ0v) is 9.10. The number of ketones is 1. The van der Waals surface area contributed by atoms with Crippen molar-refractivity contribution in [1.29, 1.82) is 0 Å². The number of carbonyl (C=O) groups is 2. The quantitative estimate of drug-likeness (QED) is 0.359. The normalized spacial score (nSPS) is 17.9. The predicted octanol–water partition coefficient (Wildman–Crippen LogP) is 1.09. The Morgan fingerprint density at radius 1 is 1.29 bits per heavy atom. The Morgan fingerprint density at radius 2 is 1.94 bits per heavy atom. The molecule has 1 aromatic carbocycles. The van der Waals surface area contributed by atoms with Gasteiger partial charge in [0.05, 0.1) is 12.7 Å². The molecular formula is C12H10O5. The largest absolute Gasteiger partial charge is 0.507 e. The maximum atomic E-state index is 11.3. The van der Waals surface area contributed by atoms with E-state index < -0.39 is 11.8 Å². The Hall–Kier alpha value is -2.30. The van der Waals surface area contributed by atoms with Crippen molar-refractivity contribution in [1.82, 2.24) is 0 Å². The van der Waals surface area contributed by atoms with Crippen LogP contribution in [0, 0.1) is 0 Å². The summed E-state index contributed by atoms with van der Waals surface area (Å²) in [5, 5.41) is 9.86. The highest BCUT2D eigenvalue weighted by Gasteiger charge is 2.32. The van der Waals surface area contributed by atoms with Gasteiger partial charge in [-0.05, 0) is 24.3 Å². The lowest BCUT2D eigenvalue weighted by Crippen LogP contribution is -2.07. The van der Waals surface area contributed by atoms with Gasteiger partial charge in [0.1, 0.15) is 18.1 Å². The molecule has 1 aliphatic heterocycles. The van der Waals surface area contributed by atoms with Gasteiger partial charge in [-0.1, -0.05) is 0 Å². The van der Waals surface area contributed by atoms with E-state index in [1.165, 1.54) is 7.11 Å². The van der Waals surface area contributed by atoms with Gasteiger partial charge in [0, 0.05) is 5.56 Å². The first-order valence-electron chi connectivity index (χ1n) is 4.91. The zero-order valence-electron chi connectivity index (χ0n) is 9.10. The van der Waals surface area contributed by atoms with Crippen LogP contribution in [0.4, 0.5) is 0 Å². The zero-order chi connectivity index (χ0) is 12.4. The number of esters is 1. The smallest absolute Gasteiger partial charge is 0.379 e. The third-order valence-corrected chi connectivity index (χ3v) is 2.46. The molecule has 1 aliphatic rings. The van der Waals surface area contributed by atoms with E-state index in [1.807, 2.05) is 0 Å². The summed E-state index contributed by atoms with van der Waals surface area (Å²) >= 11 is 0. The molecule has 1 heterocycles. The van der Waals surface area contributed by atoms with Gasteiger partial charge in [-0.2, -0.15) is 0 Å². The summed E-state index contributed by atoms with van der Waals surface area (Å²) in [6.07, 6.45) is 0. The maximum absolute atomic E-state index is 11.3. The van der Waals surface area contributed by atoms with E-state index in [1.54, 1.807) is 24.3 Å². The molecular weight excluding hydrogens is 224 g/mol. The van der Waals surface area contributed by atoms with Crippen molar-refractivity contribution in [2.24, 2.45) is 0 Å². The second kappa shape index (κ2) is 4.29. The van der Waals surface area contributed by atoms with E-state index in [9.17, 15) is 14.7 Å². The molecule has 5 heteroatoms. The average molecular weight is 234 g/mol. The van der Waals surface area contributed by atoms with Crippen LogP contribution < -0.4 is 4.74 Å². The summed E-state index contributed by atoms with van der Waals surface area (Å²) in [7, 11) is 1.53. The van der Waals surface area contributed by atoms with Gasteiger partial charge in [-0.3, -0.25) is 4.79 Å². The molecule has 0 aliphatic carbocycles. The highest BCUT2D eigenvalue weighted by molar-refractivity contribution is 6.43. The molecule has 88 valence electrons. The second-order valence-electron chi connectivity index (χ2n) is 3.46. The van der Waals surface area contributed by atoms with Crippen LogP contribution in [-0.4, -0.2) is 30.6 Å². The predicted molar refractivity (Wildman–Crippen MR) is 58.5 cm³/mol. The summed E-state index contributed by atoms with van der Waals surface area (Å²) < 4.78 is 9.50. The minimum atomic E-state index is -0.930. The SMILES string of the molecule is COc1ccc(/C(O)=C2\COC(=O)C2=O)cc1. The van der Waals surface area contributed by atoms with Crippen LogP contribution >= 0.6 is 0 Å². The number of hydrogen-bond acceptors (Lipinski definition) is 5. The summed E-state index contributed by atoms with van der Waals surface area (Å²) in [6.45, 7) is -0.185. The summed E-state index contributed by atoms with van der Waals surface area (Å²) in [6, 6.07) is 6.48. The third-order valence-electron chi connectivity index (χ3n) is 2.46. The Bertz CT molecular complexity index is 498. The highest BCUT2D eigenvalue weighted by Crippen LogP contribution is 2.22. The average Bonchev–Trinajstić information content (AvgIpc) is 2.69. The van der Waals surface area contributed by atoms with Crippen molar-refractivity contribution >= 4 is 17.5 Å². The molecule has 0 saturated carbocycles. The van der Waals surface area contributed by atoms with E-state index in [0.717, 1.165) is 0 Å². The number of Topliss-reactive ketones (excluding diaryl/α,β-unsaturated/α-hetero) is 1. The fraction of sp³-hybridized carbons (Fsp3) is 0.167. The molecule has 2 rings (SSSR count). The van der Waals surface area contributed by atoms with Gasteiger partial charge < -0.3 is 14.6 Å². The first kappa shape index (κ1) is 11.2. The van der Waals surface area contributed by atoms with Crippen molar-refractivity contribution in [2.45, 2.75) is 0 Å². The Labute approximate surface area is 97.3 Å². The van der Waals surface area contributed by atoms with Gasteiger partial charge in [-0.25, -0.2) is 4.79 Å². The van der Waals surface area contributed by atoms with E-state index >= 15 is 0 Å². The van der Waals surface area contributed by atoms with Crippen LogP contribution in [0.3, 0.4) is 0 Å². The molecule has 0 unspecified atom stereocenters. The minimum Gasteiger partial charge on any atom is -0.507 e. The molecule has 5 nitrogen and oxygen atoms in total. The van der Waals surface area contributed by atoms with Crippen molar-refractivity contribution in [3.8, 4) is 5.75 Å². The fourth-order valence-corrected chi connectivity index (χ4v) is 1.49. The number of ether oxygens (including phenoxy) is 2. The van der Waals surface area contributed by atoms with Crippen LogP contribution in [0.25, 0.3) is 5.76 Å². The van der Waals surface area contributed by atoms with E-state index in [-0.39, 0.29) is 17.9 Å². The van der Waals surface area contributed by atoms with Crippen molar-refractivity contribution in [3.63, 3.8) is 0 Å². The molecule has 0 bridgehead atoms. The number of benzene rings is 1. The minimum absolute atomic E-state index is 0.0137. The molecule has 1 saturated heterocycles. The molecule has 0 radical (unpaired) electrons. The number of aliphatic hydroxyl groups excluding tert-OH is 1. The molecule has 1 fully saturated rings. The molecule has 0 spiro atoms. The number of aliphatic hydroxyl groups is 1. The molecule has 0 atom stereocenters. The lowest BCUT2D eigenvalue weighted by Gasteiger charge is -2.04. The number of carbonyl (C=O) groups excluding carboxylic acids is 2. The topological polar surface area (TPSA) is 72.8 Å². The molecule has 0 aromatic heterocycles. The molecule has 1 N–H and O–H groups in total. The van der Waals surface area contributed by atoms with Gasteiger partial charge in [-0.15, -0.1) is 0 Å². The molecule has 0 amide bonds. The Kier molecular flexibility index (Phi) is 2.82. The highest BCUT2D eigenvalue weighted by atomic mass is 16.5. The summed E-state index contributed by atoms with van der Waals surface area (Å²) in [4.78, 5) is 22.2. The van der Waals surface area contributed by atoms with Gasteiger partial charge >= 0.3 is 5.97 Å². The number of methoxy groups -OCH3 is 1. The van der Waals surface area contributed by atoms with E-state index in [2.05, 4.69) is 4.74 Å². The van der Waals surface area contributed by atoms with Crippen LogP contribution in [0.1, 0.15) is 5.56 Å². The Balaban J connectivity index is 2.36. The van der Waals surface area contributed by atoms with Gasteiger partial charge in [0.15, 0.2) is 0 Å². The second-order valence-corrected chi connectivity index (χ2v) is 3.46. The van der Waals surface area contributed by atoms with Crippen LogP contribution in [-0.2, 0) is 14.3 Å². The van der Waals surface area contributed by atoms with Crippen molar-refractivity contribution < 1.29 is 24.2 Å². The molecule has 17 heavy (non-hydrogen) atoms. The standard InChI is InChI=1S/C12H10O5/c1-16-8-4-2-7(3-5-8)10(13)9-6-17-12(15)11(9)14/h2-5,13H,6H2,1H3/b10-9-. The van der Waals surface area contributed by atoms with Crippen LogP contribution in [0.2, 0.25) is 0 Å².